The van der Waals surface area contributed by atoms with Crippen molar-refractivity contribution >= 4 is 28.9 Å². The van der Waals surface area contributed by atoms with Gasteiger partial charge in [0.15, 0.2) is 5.71 Å². The number of para-hydroxylation sites is 1. The molecular formula is C37H43N4+. The molecule has 1 aromatic heterocycles. The zero-order valence-corrected chi connectivity index (χ0v) is 25.6. The number of pyridine rings is 1. The zero-order valence-electron chi connectivity index (χ0n) is 25.6. The van der Waals surface area contributed by atoms with Gasteiger partial charge in [-0.2, -0.15) is 4.58 Å². The highest BCUT2D eigenvalue weighted by Crippen LogP contribution is 2.39. The molecule has 4 rings (SSSR count). The van der Waals surface area contributed by atoms with Gasteiger partial charge >= 0.3 is 0 Å². The third-order valence-electron chi connectivity index (χ3n) is 8.28. The van der Waals surface area contributed by atoms with Gasteiger partial charge in [-0.15, -0.1) is 0 Å². The SMILES string of the molecule is C=C/C=C\C(=C)C(C)(C)C(/C=C/C1=CC=C(c2ccc(/C=C/C3=[N+](C)c4ccccc4C3(C)C)cn2)N(C)C1)=NC. The van der Waals surface area contributed by atoms with E-state index in [-0.39, 0.29) is 10.8 Å². The molecule has 4 nitrogen and oxygen atoms in total. The second kappa shape index (κ2) is 12.1. The Balaban J connectivity index is 1.48. The smallest absolute Gasteiger partial charge is 0.209 e. The Morgan fingerprint density at radius 2 is 1.83 bits per heavy atom. The van der Waals surface area contributed by atoms with Crippen molar-refractivity contribution in [2.24, 2.45) is 10.4 Å². The third kappa shape index (κ3) is 6.07. The summed E-state index contributed by atoms with van der Waals surface area (Å²) in [5.74, 6) is 0. The van der Waals surface area contributed by atoms with Crippen molar-refractivity contribution < 1.29 is 4.58 Å². The van der Waals surface area contributed by atoms with Crippen LogP contribution in [-0.4, -0.2) is 53.6 Å². The first kappa shape index (κ1) is 29.7. The first-order chi connectivity index (χ1) is 19.5. The normalized spacial score (nSPS) is 17.4. The summed E-state index contributed by atoms with van der Waals surface area (Å²) < 4.78 is 2.29. The summed E-state index contributed by atoms with van der Waals surface area (Å²) >= 11 is 0. The second-order valence-electron chi connectivity index (χ2n) is 11.7. The highest BCUT2D eigenvalue weighted by atomic mass is 15.1. The molecule has 0 unspecified atom stereocenters. The zero-order chi connectivity index (χ0) is 29.8. The van der Waals surface area contributed by atoms with E-state index in [9.17, 15) is 0 Å². The molecule has 0 saturated carbocycles. The van der Waals surface area contributed by atoms with E-state index in [1.54, 1.807) is 6.08 Å². The Kier molecular flexibility index (Phi) is 8.72. The van der Waals surface area contributed by atoms with Crippen molar-refractivity contribution in [3.63, 3.8) is 0 Å². The first-order valence-electron chi connectivity index (χ1n) is 14.1. The van der Waals surface area contributed by atoms with Crippen molar-refractivity contribution in [3.8, 4) is 0 Å². The summed E-state index contributed by atoms with van der Waals surface area (Å²) in [7, 11) is 6.08. The van der Waals surface area contributed by atoms with Crippen molar-refractivity contribution in [2.75, 3.05) is 27.7 Å². The molecule has 3 heterocycles. The lowest BCUT2D eigenvalue weighted by Gasteiger charge is -2.27. The number of hydrogen-bond acceptors (Lipinski definition) is 3. The average molecular weight is 544 g/mol. The van der Waals surface area contributed by atoms with Gasteiger partial charge in [-0.1, -0.05) is 81.7 Å². The monoisotopic (exact) mass is 543 g/mol. The highest BCUT2D eigenvalue weighted by molar-refractivity contribution is 6.05. The van der Waals surface area contributed by atoms with E-state index in [1.807, 2.05) is 25.4 Å². The summed E-state index contributed by atoms with van der Waals surface area (Å²) in [5, 5.41) is 0. The quantitative estimate of drug-likeness (QED) is 0.182. The van der Waals surface area contributed by atoms with E-state index in [0.29, 0.717) is 0 Å². The van der Waals surface area contributed by atoms with Crippen LogP contribution in [0.25, 0.3) is 11.8 Å². The Bertz CT molecular complexity index is 1550. The Morgan fingerprint density at radius 3 is 2.46 bits per heavy atom. The molecule has 2 aliphatic heterocycles. The molecule has 0 aliphatic carbocycles. The predicted molar refractivity (Wildman–Crippen MR) is 177 cm³/mol. The lowest BCUT2D eigenvalue weighted by molar-refractivity contribution is -0.401. The molecule has 0 spiro atoms. The van der Waals surface area contributed by atoms with Crippen LogP contribution in [0.2, 0.25) is 0 Å². The number of hydrogen-bond donors (Lipinski definition) is 0. The fourth-order valence-electron chi connectivity index (χ4n) is 5.55. The predicted octanol–water partition coefficient (Wildman–Crippen LogP) is 7.97. The van der Waals surface area contributed by atoms with Crippen LogP contribution in [-0.2, 0) is 5.41 Å². The number of aliphatic imine (C=N–C) groups is 1. The first-order valence-corrected chi connectivity index (χ1v) is 14.1. The molecule has 210 valence electrons. The number of fused-ring (bicyclic) bond motifs is 1. The van der Waals surface area contributed by atoms with Crippen molar-refractivity contribution in [3.05, 3.63) is 132 Å². The van der Waals surface area contributed by atoms with Gasteiger partial charge in [0, 0.05) is 55.7 Å². The molecule has 0 bridgehead atoms. The van der Waals surface area contributed by atoms with E-state index in [1.165, 1.54) is 22.5 Å². The van der Waals surface area contributed by atoms with Gasteiger partial charge in [0.1, 0.15) is 7.05 Å². The summed E-state index contributed by atoms with van der Waals surface area (Å²) in [4.78, 5) is 11.6. The molecule has 0 fully saturated rings. The minimum absolute atomic E-state index is 0.0423. The number of benzene rings is 1. The molecule has 41 heavy (non-hydrogen) atoms. The minimum atomic E-state index is -0.279. The largest absolute Gasteiger partial charge is 0.369 e. The minimum Gasteiger partial charge on any atom is -0.369 e. The molecule has 0 amide bonds. The lowest BCUT2D eigenvalue weighted by atomic mass is 9.79. The average Bonchev–Trinajstić information content (AvgIpc) is 3.15. The topological polar surface area (TPSA) is 31.5 Å². The summed E-state index contributed by atoms with van der Waals surface area (Å²) in [6.07, 6.45) is 20.6. The van der Waals surface area contributed by atoms with E-state index in [4.69, 9.17) is 4.98 Å². The van der Waals surface area contributed by atoms with Crippen LogP contribution in [0.1, 0.15) is 44.5 Å². The van der Waals surface area contributed by atoms with Crippen LogP contribution in [0, 0.1) is 5.41 Å². The molecule has 1 aromatic carbocycles. The summed E-state index contributed by atoms with van der Waals surface area (Å²) in [6, 6.07) is 12.9. The van der Waals surface area contributed by atoms with Crippen molar-refractivity contribution in [1.29, 1.82) is 0 Å². The van der Waals surface area contributed by atoms with Gasteiger partial charge in [0.2, 0.25) is 5.69 Å². The standard InChI is InChI=1S/C37H43N4/c1-10-11-14-27(2)36(3,4)34(38-7)23-19-29-18-22-33(40(8)26-29)31-21-17-28(25-39-31)20-24-35-37(5,6)30-15-12-13-16-32(30)41(35)9/h10-25H,1-2,26H2,3-9H3/q+1/b14-11-,23-19+,38-34?. The van der Waals surface area contributed by atoms with Crippen LogP contribution in [0.3, 0.4) is 0 Å². The Hall–Kier alpha value is -4.31. The highest BCUT2D eigenvalue weighted by Gasteiger charge is 2.42. The van der Waals surface area contributed by atoms with E-state index in [2.05, 4.69) is 142 Å². The number of likely N-dealkylation sites (N-methyl/N-ethyl adjacent to an activating group) is 1. The number of rotatable bonds is 9. The van der Waals surface area contributed by atoms with Crippen LogP contribution < -0.4 is 0 Å². The van der Waals surface area contributed by atoms with Gasteiger partial charge in [0.05, 0.1) is 16.8 Å². The molecule has 0 atom stereocenters. The van der Waals surface area contributed by atoms with Gasteiger partial charge in [-0.05, 0) is 54.9 Å². The fraction of sp³-hybridized carbons (Fsp3) is 0.270. The van der Waals surface area contributed by atoms with Crippen molar-refractivity contribution in [1.82, 2.24) is 9.88 Å². The molecule has 0 N–H and O–H groups in total. The van der Waals surface area contributed by atoms with Crippen molar-refractivity contribution in [2.45, 2.75) is 33.1 Å². The third-order valence-corrected chi connectivity index (χ3v) is 8.28. The Morgan fingerprint density at radius 1 is 1.07 bits per heavy atom. The molecule has 4 heteroatoms. The van der Waals surface area contributed by atoms with E-state index >= 15 is 0 Å². The van der Waals surface area contributed by atoms with Gasteiger partial charge in [-0.3, -0.25) is 9.98 Å². The molecule has 0 saturated heterocycles. The second-order valence-corrected chi connectivity index (χ2v) is 11.7. The maximum Gasteiger partial charge on any atom is 0.209 e. The van der Waals surface area contributed by atoms with Crippen LogP contribution in [0.4, 0.5) is 5.69 Å². The van der Waals surface area contributed by atoms with Gasteiger partial charge < -0.3 is 4.90 Å². The number of allylic oxidation sites excluding steroid dienone is 8. The van der Waals surface area contributed by atoms with E-state index < -0.39 is 0 Å². The molecular weight excluding hydrogens is 500 g/mol. The van der Waals surface area contributed by atoms with Gasteiger partial charge in [0.25, 0.3) is 0 Å². The maximum absolute atomic E-state index is 4.81. The van der Waals surface area contributed by atoms with Crippen LogP contribution in [0.5, 0.6) is 0 Å². The number of aromatic nitrogens is 1. The maximum atomic E-state index is 4.81. The lowest BCUT2D eigenvalue weighted by Crippen LogP contribution is -2.26. The number of nitrogens with zero attached hydrogens (tertiary/aromatic N) is 4. The van der Waals surface area contributed by atoms with E-state index in [0.717, 1.165) is 34.8 Å². The fourth-order valence-corrected chi connectivity index (χ4v) is 5.55. The summed E-state index contributed by atoms with van der Waals surface area (Å²) in [6.45, 7) is 17.6. The van der Waals surface area contributed by atoms with Crippen LogP contribution >= 0.6 is 0 Å². The molecule has 0 radical (unpaired) electrons. The Labute approximate surface area is 246 Å². The molecule has 2 aromatic rings. The van der Waals surface area contributed by atoms with Gasteiger partial charge in [-0.25, -0.2) is 0 Å². The summed E-state index contributed by atoms with van der Waals surface area (Å²) in [5.41, 5.74) is 9.92. The molecule has 2 aliphatic rings. The van der Waals surface area contributed by atoms with Crippen LogP contribution in [0.15, 0.2) is 120 Å².